The van der Waals surface area contributed by atoms with Crippen LogP contribution in [0.3, 0.4) is 0 Å². The van der Waals surface area contributed by atoms with Crippen molar-refractivity contribution in [3.63, 3.8) is 0 Å². The fourth-order valence-electron chi connectivity index (χ4n) is 10.2. The van der Waals surface area contributed by atoms with Gasteiger partial charge in [-0.2, -0.15) is 4.57 Å². The van der Waals surface area contributed by atoms with Crippen molar-refractivity contribution < 1.29 is 20.7 Å². The number of imidazole rings is 1. The predicted molar refractivity (Wildman–Crippen MR) is 249 cm³/mol. The fraction of sp³-hybridized carbons (Fsp3) is 0.263. The number of pyridine rings is 1. The van der Waals surface area contributed by atoms with Crippen LogP contribution in [0.25, 0.3) is 72.7 Å². The first-order chi connectivity index (χ1) is 31.4. The number of fused-ring (bicyclic) bond motifs is 5. The Morgan fingerprint density at radius 3 is 2.18 bits per heavy atom. The van der Waals surface area contributed by atoms with E-state index in [4.69, 9.17) is 11.6 Å². The molecule has 61 heavy (non-hydrogen) atoms. The van der Waals surface area contributed by atoms with Gasteiger partial charge in [0, 0.05) is 23.3 Å². The van der Waals surface area contributed by atoms with E-state index in [1.54, 1.807) is 0 Å². The molecule has 0 aliphatic carbocycles. The third-order valence-corrected chi connectivity index (χ3v) is 13.1. The van der Waals surface area contributed by atoms with Crippen LogP contribution in [-0.4, -0.2) is 4.57 Å². The molecular weight excluding hydrogens is 743 g/mol. The lowest BCUT2D eigenvalue weighted by Gasteiger charge is -2.34. The predicted octanol–water partition coefficient (Wildman–Crippen LogP) is 13.5. The zero-order valence-corrected chi connectivity index (χ0v) is 36.6. The van der Waals surface area contributed by atoms with Gasteiger partial charge in [0.2, 0.25) is 5.69 Å². The second-order valence-electron chi connectivity index (χ2n) is 19.3. The van der Waals surface area contributed by atoms with Gasteiger partial charge in [0.1, 0.15) is 16.8 Å². The van der Waals surface area contributed by atoms with Gasteiger partial charge >= 0.3 is 11.7 Å². The highest BCUT2D eigenvalue weighted by molar-refractivity contribution is 5.98. The molecular formula is C57H55N3O+2. The van der Waals surface area contributed by atoms with E-state index in [0.29, 0.717) is 11.5 Å². The maximum Gasteiger partial charge on any atom is 0.499 e. The molecule has 11 rings (SSSR count). The van der Waals surface area contributed by atoms with E-state index >= 15 is 0 Å². The molecule has 0 radical (unpaired) electrons. The van der Waals surface area contributed by atoms with Gasteiger partial charge in [0.05, 0.1) is 12.4 Å². The van der Waals surface area contributed by atoms with Crippen molar-refractivity contribution in [3.8, 4) is 67.5 Å². The molecule has 6 aromatic carbocycles. The quantitative estimate of drug-likeness (QED) is 0.147. The molecule has 0 saturated carbocycles. The molecule has 0 bridgehead atoms. The van der Waals surface area contributed by atoms with Gasteiger partial charge in [-0.3, -0.25) is 0 Å². The van der Waals surface area contributed by atoms with Crippen LogP contribution in [0.4, 0.5) is 0 Å². The zero-order valence-electron chi connectivity index (χ0n) is 41.6. The number of aromatic nitrogens is 3. The summed E-state index contributed by atoms with van der Waals surface area (Å²) in [6.45, 7) is 20.3. The van der Waals surface area contributed by atoms with Crippen LogP contribution in [0.2, 0.25) is 0 Å². The summed E-state index contributed by atoms with van der Waals surface area (Å²) in [6, 6.07) is 36.1. The van der Waals surface area contributed by atoms with Gasteiger partial charge in [-0.15, -0.1) is 9.13 Å². The van der Waals surface area contributed by atoms with Crippen molar-refractivity contribution in [2.24, 2.45) is 5.92 Å². The number of rotatable bonds is 7. The van der Waals surface area contributed by atoms with Crippen LogP contribution in [-0.2, 0) is 17.7 Å². The van der Waals surface area contributed by atoms with Gasteiger partial charge in [-0.1, -0.05) is 135 Å². The van der Waals surface area contributed by atoms with Crippen LogP contribution in [0.15, 0.2) is 140 Å². The summed E-state index contributed by atoms with van der Waals surface area (Å²) < 4.78 is 58.7. The highest BCUT2D eigenvalue weighted by Gasteiger charge is 2.69. The first kappa shape index (κ1) is 32.5. The van der Waals surface area contributed by atoms with Gasteiger partial charge in [0.25, 0.3) is 0 Å². The maximum absolute atomic E-state index is 9.01. The second kappa shape index (κ2) is 13.4. The van der Waals surface area contributed by atoms with Crippen molar-refractivity contribution in [2.45, 2.75) is 91.8 Å². The number of hydrogen-bond acceptors (Lipinski definition) is 1. The summed E-state index contributed by atoms with van der Waals surface area (Å²) in [5.74, 6) is 1.48. The van der Waals surface area contributed by atoms with Crippen molar-refractivity contribution >= 4 is 11.0 Å². The lowest BCUT2D eigenvalue weighted by atomic mass is 9.80. The SMILES string of the molecule is [2H]c1c([2H])c([2H])c(-c2cc[n+]3c(c2)-c2cc(C(C)(C)C)cc4c2C32Oc3c(cc(C(C)C)cc3C(C)C)-c3n(-c5ccc(-c6ccccc6)c(CC(C)C)c5)c5cccc-4c5[n+]32)c([2H])c1[2H]. The van der Waals surface area contributed by atoms with Gasteiger partial charge in [0.15, 0.2) is 23.0 Å². The Morgan fingerprint density at radius 2 is 1.46 bits per heavy atom. The summed E-state index contributed by atoms with van der Waals surface area (Å²) in [5, 5.41) is 0. The minimum atomic E-state index is -1.23. The molecule has 0 saturated heterocycles. The molecule has 0 amide bonds. The molecule has 1 unspecified atom stereocenters. The normalized spacial score (nSPS) is 16.8. The molecule has 3 aliphatic heterocycles. The molecule has 8 aromatic rings. The molecule has 3 aliphatic rings. The number of benzene rings is 6. The van der Waals surface area contributed by atoms with Gasteiger partial charge in [-0.05, 0) is 123 Å². The fourth-order valence-corrected chi connectivity index (χ4v) is 10.2. The first-order valence-corrected chi connectivity index (χ1v) is 21.9. The lowest BCUT2D eigenvalue weighted by molar-refractivity contribution is -0.997. The molecule has 4 heteroatoms. The molecule has 0 N–H and O–H groups in total. The van der Waals surface area contributed by atoms with Gasteiger partial charge in [-0.25, -0.2) is 0 Å². The number of para-hydroxylation sites is 1. The summed E-state index contributed by atoms with van der Waals surface area (Å²) in [4.78, 5) is 0. The third-order valence-electron chi connectivity index (χ3n) is 13.1. The van der Waals surface area contributed by atoms with Crippen LogP contribution in [0.5, 0.6) is 5.75 Å². The molecule has 5 heterocycles. The van der Waals surface area contributed by atoms with Crippen molar-refractivity contribution in [1.82, 2.24) is 4.57 Å². The average molecular weight is 803 g/mol. The van der Waals surface area contributed by atoms with Gasteiger partial charge < -0.3 is 4.74 Å². The molecule has 302 valence electrons. The molecule has 4 nitrogen and oxygen atoms in total. The Labute approximate surface area is 367 Å². The Morgan fingerprint density at radius 1 is 0.689 bits per heavy atom. The minimum absolute atomic E-state index is 0.139. The van der Waals surface area contributed by atoms with Crippen molar-refractivity contribution in [3.05, 3.63) is 167 Å². The Bertz CT molecular complexity index is 3370. The number of nitrogens with zero attached hydrogens (tertiary/aromatic N) is 3. The second-order valence-corrected chi connectivity index (χ2v) is 19.3. The van der Waals surface area contributed by atoms with E-state index in [1.165, 1.54) is 22.3 Å². The van der Waals surface area contributed by atoms with Crippen LogP contribution in [0.1, 0.15) is 109 Å². The summed E-state index contributed by atoms with van der Waals surface area (Å²) in [6.07, 6.45) is 2.93. The highest BCUT2D eigenvalue weighted by Crippen LogP contribution is 2.55. The Kier molecular flexibility index (Phi) is 7.12. The smallest absolute Gasteiger partial charge is 0.392 e. The monoisotopic (exact) mass is 802 g/mol. The van der Waals surface area contributed by atoms with E-state index < -0.39 is 11.9 Å². The van der Waals surface area contributed by atoms with Crippen molar-refractivity contribution in [2.75, 3.05) is 0 Å². The van der Waals surface area contributed by atoms with Crippen molar-refractivity contribution in [1.29, 1.82) is 0 Å². The Hall–Kier alpha value is -6.26. The summed E-state index contributed by atoms with van der Waals surface area (Å²) >= 11 is 0. The lowest BCUT2D eigenvalue weighted by Crippen LogP contribution is -2.78. The zero-order chi connectivity index (χ0) is 46.5. The van der Waals surface area contributed by atoms with E-state index in [2.05, 4.69) is 167 Å². The summed E-state index contributed by atoms with van der Waals surface area (Å²) in [5.41, 5.74) is 17.1. The topological polar surface area (TPSA) is 21.9 Å². The third kappa shape index (κ3) is 5.43. The number of hydrogen-bond donors (Lipinski definition) is 0. The minimum Gasteiger partial charge on any atom is -0.392 e. The standard InChI is InChI=1S/C57H55N3O/c1-34(2)27-41-28-43(23-24-44(41)38-19-14-11-15-20-38)59-50-22-16-21-45-47-32-42(56(7,8)9)33-48-51-31-39(37-17-12-10-13-18-37)25-26-58(51)57(52(47)48)60(53(45)50)55(59)49-30-40(35(3)4)29-46(36(5)6)54(49)61-57/h10-26,28-36H,27H2,1-9H3/q+2/i10D,12D,13D,17D,18D. The highest BCUT2D eigenvalue weighted by atomic mass is 16.5. The largest absolute Gasteiger partial charge is 0.499 e. The maximum atomic E-state index is 9.01. The van der Waals surface area contributed by atoms with Crippen LogP contribution in [0, 0.1) is 5.92 Å². The van der Waals surface area contributed by atoms with Crippen LogP contribution < -0.4 is 13.9 Å². The van der Waals surface area contributed by atoms with E-state index in [-0.39, 0.29) is 47.0 Å². The van der Waals surface area contributed by atoms with Crippen LogP contribution >= 0.6 is 0 Å². The first-order valence-electron chi connectivity index (χ1n) is 24.4. The van der Waals surface area contributed by atoms with E-state index in [1.807, 2.05) is 18.3 Å². The number of ether oxygens (including phenoxy) is 1. The van der Waals surface area contributed by atoms with E-state index in [0.717, 1.165) is 79.4 Å². The Balaban J connectivity index is 1.31. The summed E-state index contributed by atoms with van der Waals surface area (Å²) in [7, 11) is 0. The molecule has 1 spiro atoms. The molecule has 0 fully saturated rings. The molecule has 1 atom stereocenters. The van der Waals surface area contributed by atoms with E-state index in [9.17, 15) is 0 Å². The average Bonchev–Trinajstić information content (AvgIpc) is 3.78. The molecule has 2 aromatic heterocycles.